The maximum absolute atomic E-state index is 11.7. The molecule has 3 aromatic rings. The summed E-state index contributed by atoms with van der Waals surface area (Å²) < 4.78 is 21.2. The third kappa shape index (κ3) is 3.44. The van der Waals surface area contributed by atoms with E-state index >= 15 is 0 Å². The summed E-state index contributed by atoms with van der Waals surface area (Å²) in [6.45, 7) is 4.46. The second-order valence-electron chi connectivity index (χ2n) is 7.08. The summed E-state index contributed by atoms with van der Waals surface area (Å²) in [7, 11) is -2.84. The predicted molar refractivity (Wildman–Crippen MR) is 114 cm³/mol. The van der Waals surface area contributed by atoms with Gasteiger partial charge < -0.3 is 10.2 Å². The largest absolute Gasteiger partial charge is 0.351 e. The molecule has 3 N–H and O–H groups in total. The van der Waals surface area contributed by atoms with Gasteiger partial charge in [-0.2, -0.15) is 10.6 Å². The molecule has 0 atom stereocenters. The van der Waals surface area contributed by atoms with Gasteiger partial charge in [-0.05, 0) is 24.1 Å². The Morgan fingerprint density at radius 3 is 2.75 bits per heavy atom. The highest BCUT2D eigenvalue weighted by atomic mass is 32.3. The molecule has 0 unspecified atom stereocenters. The SMILES string of the molecule is CC(=O)Nc1cc(N2CCS(O)(O)c3ccccc3C2)nc2c(C)cccc12. The third-order valence-electron chi connectivity index (χ3n) is 4.99. The van der Waals surface area contributed by atoms with Crippen molar-refractivity contribution in [1.82, 2.24) is 4.98 Å². The number of nitrogens with one attached hydrogen (secondary N) is 1. The van der Waals surface area contributed by atoms with E-state index in [0.717, 1.165) is 22.0 Å². The minimum atomic E-state index is -2.84. The Labute approximate surface area is 165 Å². The lowest BCUT2D eigenvalue weighted by Gasteiger charge is -2.32. The van der Waals surface area contributed by atoms with Gasteiger partial charge in [0.25, 0.3) is 0 Å². The maximum atomic E-state index is 11.7. The first kappa shape index (κ1) is 18.7. The van der Waals surface area contributed by atoms with Gasteiger partial charge in [0.1, 0.15) is 5.82 Å². The van der Waals surface area contributed by atoms with Gasteiger partial charge in [0.2, 0.25) is 5.91 Å². The van der Waals surface area contributed by atoms with Gasteiger partial charge in [0.15, 0.2) is 0 Å². The van der Waals surface area contributed by atoms with E-state index in [2.05, 4.69) is 5.32 Å². The highest BCUT2D eigenvalue weighted by Crippen LogP contribution is 2.51. The summed E-state index contributed by atoms with van der Waals surface area (Å²) in [4.78, 5) is 19.2. The molecule has 0 radical (unpaired) electrons. The molecule has 7 heteroatoms. The van der Waals surface area contributed by atoms with Gasteiger partial charge >= 0.3 is 0 Å². The molecule has 4 rings (SSSR count). The van der Waals surface area contributed by atoms with Gasteiger partial charge in [-0.15, -0.1) is 0 Å². The van der Waals surface area contributed by atoms with Crippen LogP contribution in [0.5, 0.6) is 0 Å². The summed E-state index contributed by atoms with van der Waals surface area (Å²) in [5.41, 5.74) is 3.44. The van der Waals surface area contributed by atoms with Gasteiger partial charge in [0, 0.05) is 31.5 Å². The monoisotopic (exact) mass is 397 g/mol. The predicted octanol–water partition coefficient (Wildman–Crippen LogP) is 4.63. The summed E-state index contributed by atoms with van der Waals surface area (Å²) >= 11 is 0. The number of rotatable bonds is 2. The van der Waals surface area contributed by atoms with Crippen LogP contribution >= 0.6 is 10.6 Å². The smallest absolute Gasteiger partial charge is 0.221 e. The van der Waals surface area contributed by atoms with Crippen molar-refractivity contribution in [3.8, 4) is 0 Å². The van der Waals surface area contributed by atoms with Crippen LogP contribution < -0.4 is 10.2 Å². The van der Waals surface area contributed by atoms with Crippen LogP contribution in [0.15, 0.2) is 53.4 Å². The maximum Gasteiger partial charge on any atom is 0.221 e. The number of aryl methyl sites for hydroxylation is 1. The van der Waals surface area contributed by atoms with Crippen LogP contribution in [0.4, 0.5) is 11.5 Å². The second-order valence-corrected chi connectivity index (χ2v) is 9.26. The van der Waals surface area contributed by atoms with Crippen LogP contribution in [0.3, 0.4) is 0 Å². The molecule has 0 bridgehead atoms. The minimum Gasteiger partial charge on any atom is -0.351 e. The van der Waals surface area contributed by atoms with E-state index < -0.39 is 10.6 Å². The summed E-state index contributed by atoms with van der Waals surface area (Å²) in [6.07, 6.45) is 0. The molecule has 1 aromatic heterocycles. The zero-order chi connectivity index (χ0) is 19.9. The first-order valence-corrected chi connectivity index (χ1v) is 10.8. The van der Waals surface area contributed by atoms with Crippen molar-refractivity contribution in [3.05, 3.63) is 59.7 Å². The van der Waals surface area contributed by atoms with Crippen molar-refractivity contribution in [2.24, 2.45) is 0 Å². The topological polar surface area (TPSA) is 85.7 Å². The molecule has 146 valence electrons. The van der Waals surface area contributed by atoms with Crippen LogP contribution in [0.1, 0.15) is 18.1 Å². The number of hydrogen-bond donors (Lipinski definition) is 3. The molecule has 1 amide bonds. The standard InChI is InChI=1S/C21H23N3O3S/c1-14-6-5-8-17-18(22-15(2)25)12-20(23-21(14)17)24-10-11-28(26,27)19-9-4-3-7-16(19)13-24/h3-9,12,26-27H,10-11,13H2,1-2H3,(H,22,23,25). The fraction of sp³-hybridized carbons (Fsp3) is 0.238. The Kier molecular flexibility index (Phi) is 4.74. The number of para-hydroxylation sites is 1. The number of carbonyl (C=O) groups excluding carboxylic acids is 1. The summed E-state index contributed by atoms with van der Waals surface area (Å²) in [5, 5.41) is 3.79. The van der Waals surface area contributed by atoms with Crippen molar-refractivity contribution >= 4 is 38.9 Å². The molecule has 1 aliphatic rings. The number of amides is 1. The highest BCUT2D eigenvalue weighted by Gasteiger charge is 2.26. The molecular formula is C21H23N3O3S. The zero-order valence-electron chi connectivity index (χ0n) is 15.8. The van der Waals surface area contributed by atoms with Crippen LogP contribution in [-0.4, -0.2) is 32.3 Å². The van der Waals surface area contributed by atoms with Crippen LogP contribution in [0.2, 0.25) is 0 Å². The van der Waals surface area contributed by atoms with E-state index in [4.69, 9.17) is 4.98 Å². The molecular weight excluding hydrogens is 374 g/mol. The second kappa shape index (κ2) is 7.09. The Balaban J connectivity index is 1.83. The van der Waals surface area contributed by atoms with Crippen molar-refractivity contribution in [1.29, 1.82) is 0 Å². The van der Waals surface area contributed by atoms with E-state index in [1.165, 1.54) is 6.92 Å². The first-order chi connectivity index (χ1) is 13.3. The van der Waals surface area contributed by atoms with Gasteiger partial charge in [-0.1, -0.05) is 36.4 Å². The van der Waals surface area contributed by atoms with E-state index in [0.29, 0.717) is 29.5 Å². The molecule has 0 aliphatic carbocycles. The number of benzene rings is 2. The number of fused-ring (bicyclic) bond motifs is 2. The Bertz CT molecular complexity index is 1070. The molecule has 28 heavy (non-hydrogen) atoms. The third-order valence-corrected chi connectivity index (χ3v) is 6.85. The summed E-state index contributed by atoms with van der Waals surface area (Å²) in [6, 6.07) is 15.2. The Morgan fingerprint density at radius 2 is 1.96 bits per heavy atom. The molecule has 0 saturated carbocycles. The number of anilines is 2. The van der Waals surface area contributed by atoms with E-state index in [1.807, 2.05) is 54.3 Å². The average molecular weight is 398 g/mol. The number of carbonyl (C=O) groups is 1. The number of aromatic nitrogens is 1. The van der Waals surface area contributed by atoms with E-state index in [-0.39, 0.29) is 11.7 Å². The highest BCUT2D eigenvalue weighted by molar-refractivity contribution is 8.24. The quantitative estimate of drug-likeness (QED) is 0.587. The minimum absolute atomic E-state index is 0.143. The van der Waals surface area contributed by atoms with Crippen molar-refractivity contribution < 1.29 is 13.9 Å². The lowest BCUT2D eigenvalue weighted by atomic mass is 10.1. The fourth-order valence-corrected chi connectivity index (χ4v) is 5.16. The van der Waals surface area contributed by atoms with E-state index in [9.17, 15) is 13.9 Å². The number of pyridine rings is 1. The van der Waals surface area contributed by atoms with Crippen LogP contribution in [0, 0.1) is 6.92 Å². The number of nitrogens with zero attached hydrogens (tertiary/aromatic N) is 2. The van der Waals surface area contributed by atoms with Gasteiger partial charge in [-0.3, -0.25) is 13.9 Å². The van der Waals surface area contributed by atoms with Crippen molar-refractivity contribution in [2.45, 2.75) is 25.3 Å². The zero-order valence-corrected chi connectivity index (χ0v) is 16.7. The first-order valence-electron chi connectivity index (χ1n) is 9.12. The lowest BCUT2D eigenvalue weighted by Crippen LogP contribution is -2.26. The van der Waals surface area contributed by atoms with E-state index in [1.54, 1.807) is 6.07 Å². The Hall–Kier alpha value is -2.61. The van der Waals surface area contributed by atoms with Gasteiger partial charge in [0.05, 0.1) is 21.9 Å². The van der Waals surface area contributed by atoms with Crippen LogP contribution in [-0.2, 0) is 11.3 Å². The van der Waals surface area contributed by atoms with Crippen molar-refractivity contribution in [2.75, 3.05) is 22.5 Å². The van der Waals surface area contributed by atoms with Gasteiger partial charge in [-0.25, -0.2) is 4.98 Å². The number of hydrogen-bond acceptors (Lipinski definition) is 5. The lowest BCUT2D eigenvalue weighted by molar-refractivity contribution is -0.114. The van der Waals surface area contributed by atoms with Crippen LogP contribution in [0.25, 0.3) is 10.9 Å². The molecule has 6 nitrogen and oxygen atoms in total. The summed E-state index contributed by atoms with van der Waals surface area (Å²) in [5.74, 6) is 0.806. The molecule has 0 saturated heterocycles. The molecule has 1 aliphatic heterocycles. The molecule has 0 spiro atoms. The fourth-order valence-electron chi connectivity index (χ4n) is 3.61. The molecule has 2 heterocycles. The normalized spacial score (nSPS) is 16.9. The van der Waals surface area contributed by atoms with Crippen molar-refractivity contribution in [3.63, 3.8) is 0 Å². The molecule has 2 aromatic carbocycles. The average Bonchev–Trinajstić information content (AvgIpc) is 2.78. The Morgan fingerprint density at radius 1 is 1.18 bits per heavy atom. The molecule has 0 fully saturated rings.